The molecule has 1 aromatic heterocycles. The summed E-state index contributed by atoms with van der Waals surface area (Å²) < 4.78 is 0. The average Bonchev–Trinajstić information content (AvgIpc) is 2.71. The molecular formula is C15H26N2OS. The van der Waals surface area contributed by atoms with Gasteiger partial charge in [-0.1, -0.05) is 27.2 Å². The molecule has 0 amide bonds. The Hall–Kier alpha value is -0.450. The molecule has 0 unspecified atom stereocenters. The monoisotopic (exact) mass is 282 g/mol. The van der Waals surface area contributed by atoms with Crippen LogP contribution < -0.4 is 0 Å². The molecule has 0 atom stereocenters. The van der Waals surface area contributed by atoms with Crippen molar-refractivity contribution in [2.75, 3.05) is 13.2 Å². The van der Waals surface area contributed by atoms with E-state index in [0.29, 0.717) is 6.04 Å². The maximum Gasteiger partial charge on any atom is 0.107 e. The number of thiazole rings is 1. The van der Waals surface area contributed by atoms with Crippen LogP contribution in [0.4, 0.5) is 0 Å². The molecule has 1 heterocycles. The maximum absolute atomic E-state index is 9.02. The van der Waals surface area contributed by atoms with Crippen LogP contribution >= 0.6 is 11.3 Å². The molecule has 19 heavy (non-hydrogen) atoms. The highest BCUT2D eigenvalue weighted by Gasteiger charge is 2.26. The average molecular weight is 282 g/mol. The fraction of sp³-hybridized carbons (Fsp3) is 0.800. The van der Waals surface area contributed by atoms with Gasteiger partial charge in [0.15, 0.2) is 0 Å². The second-order valence-corrected chi connectivity index (χ2v) is 7.45. The minimum atomic E-state index is 0.140. The van der Waals surface area contributed by atoms with E-state index in [1.54, 1.807) is 11.3 Å². The number of hydrogen-bond donors (Lipinski definition) is 1. The Morgan fingerprint density at radius 2 is 2.16 bits per heavy atom. The van der Waals surface area contributed by atoms with Gasteiger partial charge in [-0.3, -0.25) is 4.90 Å². The van der Waals surface area contributed by atoms with Crippen molar-refractivity contribution in [3.8, 4) is 0 Å². The van der Waals surface area contributed by atoms with Gasteiger partial charge in [-0.05, 0) is 19.3 Å². The number of aliphatic hydroxyl groups excluding tert-OH is 1. The summed E-state index contributed by atoms with van der Waals surface area (Å²) in [5, 5.41) is 12.4. The van der Waals surface area contributed by atoms with Gasteiger partial charge in [0.25, 0.3) is 0 Å². The van der Waals surface area contributed by atoms with Crippen LogP contribution in [0.15, 0.2) is 5.38 Å². The van der Waals surface area contributed by atoms with Crippen molar-refractivity contribution in [2.24, 2.45) is 0 Å². The van der Waals surface area contributed by atoms with Crippen molar-refractivity contribution >= 4 is 11.3 Å². The molecule has 2 rings (SSSR count). The molecule has 1 saturated carbocycles. The highest BCUT2D eigenvalue weighted by atomic mass is 32.1. The van der Waals surface area contributed by atoms with E-state index in [0.717, 1.165) is 19.5 Å². The van der Waals surface area contributed by atoms with Crippen LogP contribution in [-0.4, -0.2) is 34.2 Å². The van der Waals surface area contributed by atoms with Gasteiger partial charge >= 0.3 is 0 Å². The lowest BCUT2D eigenvalue weighted by atomic mass is 9.91. The first-order chi connectivity index (χ1) is 9.00. The highest BCUT2D eigenvalue weighted by molar-refractivity contribution is 7.09. The molecule has 0 radical (unpaired) electrons. The van der Waals surface area contributed by atoms with Crippen molar-refractivity contribution in [1.82, 2.24) is 9.88 Å². The third-order valence-electron chi connectivity index (χ3n) is 3.85. The third-order valence-corrected chi connectivity index (χ3v) is 4.69. The van der Waals surface area contributed by atoms with Crippen LogP contribution in [0.3, 0.4) is 0 Å². The molecule has 0 aromatic carbocycles. The molecule has 1 N–H and O–H groups in total. The summed E-state index contributed by atoms with van der Waals surface area (Å²) in [6.45, 7) is 8.86. The minimum Gasteiger partial charge on any atom is -0.396 e. The van der Waals surface area contributed by atoms with Crippen molar-refractivity contribution < 1.29 is 5.11 Å². The van der Waals surface area contributed by atoms with Crippen LogP contribution in [0.5, 0.6) is 0 Å². The summed E-state index contributed by atoms with van der Waals surface area (Å²) in [5.74, 6) is 0. The van der Waals surface area contributed by atoms with E-state index in [2.05, 4.69) is 31.1 Å². The van der Waals surface area contributed by atoms with Crippen LogP contribution in [0, 0.1) is 0 Å². The van der Waals surface area contributed by atoms with Gasteiger partial charge in [-0.15, -0.1) is 11.3 Å². The fourth-order valence-electron chi connectivity index (χ4n) is 2.32. The lowest BCUT2D eigenvalue weighted by Gasteiger charge is -2.37. The van der Waals surface area contributed by atoms with Crippen LogP contribution in [-0.2, 0) is 12.0 Å². The van der Waals surface area contributed by atoms with Crippen LogP contribution in [0.1, 0.15) is 57.2 Å². The Bertz CT molecular complexity index is 393. The molecule has 0 bridgehead atoms. The van der Waals surface area contributed by atoms with Crippen molar-refractivity contribution in [3.63, 3.8) is 0 Å². The number of hydrogen-bond acceptors (Lipinski definition) is 4. The Morgan fingerprint density at radius 1 is 1.42 bits per heavy atom. The summed E-state index contributed by atoms with van der Waals surface area (Å²) in [6, 6.07) is 0.716. The lowest BCUT2D eigenvalue weighted by Crippen LogP contribution is -2.40. The van der Waals surface area contributed by atoms with Crippen molar-refractivity contribution in [1.29, 1.82) is 0 Å². The molecule has 1 aromatic rings. The summed E-state index contributed by atoms with van der Waals surface area (Å²) in [7, 11) is 0. The molecule has 1 aliphatic rings. The zero-order valence-corrected chi connectivity index (χ0v) is 13.2. The molecule has 4 heteroatoms. The van der Waals surface area contributed by atoms with E-state index < -0.39 is 0 Å². The molecule has 1 fully saturated rings. The molecule has 108 valence electrons. The fourth-order valence-corrected chi connectivity index (χ4v) is 3.36. The number of aliphatic hydroxyl groups is 1. The van der Waals surface area contributed by atoms with Gasteiger partial charge in [0.2, 0.25) is 0 Å². The SMILES string of the molecule is CC(C)(C)c1csc(CN(CCCO)C2CCC2)n1. The molecular weight excluding hydrogens is 256 g/mol. The number of rotatable bonds is 6. The standard InChI is InChI=1S/C15H26N2OS/c1-15(2,3)13-11-19-14(16-13)10-17(8-5-9-18)12-6-4-7-12/h11-12,18H,4-10H2,1-3H3. The summed E-state index contributed by atoms with van der Waals surface area (Å²) >= 11 is 1.77. The Labute approximate surface area is 120 Å². The second kappa shape index (κ2) is 6.33. The first kappa shape index (κ1) is 14.9. The van der Waals surface area contributed by atoms with Crippen molar-refractivity contribution in [3.05, 3.63) is 16.1 Å². The van der Waals surface area contributed by atoms with E-state index in [9.17, 15) is 0 Å². The zero-order valence-electron chi connectivity index (χ0n) is 12.4. The predicted octanol–water partition coefficient (Wildman–Crippen LogP) is 3.18. The van der Waals surface area contributed by atoms with Gasteiger partial charge < -0.3 is 5.11 Å². The van der Waals surface area contributed by atoms with Gasteiger partial charge in [0, 0.05) is 30.0 Å². The Kier molecular flexibility index (Phi) is 4.98. The van der Waals surface area contributed by atoms with Gasteiger partial charge in [0.05, 0.1) is 12.2 Å². The highest BCUT2D eigenvalue weighted by Crippen LogP contribution is 2.29. The summed E-state index contributed by atoms with van der Waals surface area (Å²) in [6.07, 6.45) is 4.84. The van der Waals surface area contributed by atoms with E-state index in [1.165, 1.54) is 30.0 Å². The normalized spacial score (nSPS) is 16.9. The lowest BCUT2D eigenvalue weighted by molar-refractivity contribution is 0.109. The van der Waals surface area contributed by atoms with E-state index in [1.807, 2.05) is 0 Å². The topological polar surface area (TPSA) is 36.4 Å². The summed E-state index contributed by atoms with van der Waals surface area (Å²) in [5.41, 5.74) is 1.34. The second-order valence-electron chi connectivity index (χ2n) is 6.51. The summed E-state index contributed by atoms with van der Waals surface area (Å²) in [4.78, 5) is 7.29. The van der Waals surface area contributed by atoms with E-state index in [4.69, 9.17) is 10.1 Å². The van der Waals surface area contributed by atoms with Crippen LogP contribution in [0.2, 0.25) is 0 Å². The quantitative estimate of drug-likeness (QED) is 0.870. The first-order valence-corrected chi connectivity index (χ1v) is 8.18. The smallest absolute Gasteiger partial charge is 0.107 e. The maximum atomic E-state index is 9.02. The van der Waals surface area contributed by atoms with Crippen molar-refractivity contribution in [2.45, 2.75) is 64.5 Å². The molecule has 0 spiro atoms. The molecule has 1 aliphatic carbocycles. The van der Waals surface area contributed by atoms with Gasteiger partial charge in [0.1, 0.15) is 5.01 Å². The number of nitrogens with zero attached hydrogens (tertiary/aromatic N) is 2. The molecule has 3 nitrogen and oxygen atoms in total. The van der Waals surface area contributed by atoms with Crippen LogP contribution in [0.25, 0.3) is 0 Å². The molecule has 0 saturated heterocycles. The molecule has 0 aliphatic heterocycles. The Balaban J connectivity index is 1.97. The van der Waals surface area contributed by atoms with Gasteiger partial charge in [-0.2, -0.15) is 0 Å². The minimum absolute atomic E-state index is 0.140. The first-order valence-electron chi connectivity index (χ1n) is 7.30. The van der Waals surface area contributed by atoms with E-state index in [-0.39, 0.29) is 12.0 Å². The zero-order chi connectivity index (χ0) is 13.9. The number of aromatic nitrogens is 1. The van der Waals surface area contributed by atoms with Gasteiger partial charge in [-0.25, -0.2) is 4.98 Å². The Morgan fingerprint density at radius 3 is 2.63 bits per heavy atom. The third kappa shape index (κ3) is 4.01. The van der Waals surface area contributed by atoms with E-state index >= 15 is 0 Å². The predicted molar refractivity (Wildman–Crippen MR) is 80.6 cm³/mol. The largest absolute Gasteiger partial charge is 0.396 e.